The second-order valence-electron chi connectivity index (χ2n) is 5.04. The molecule has 0 aliphatic heterocycles. The molecule has 7 nitrogen and oxygen atoms in total. The van der Waals surface area contributed by atoms with Crippen LogP contribution < -0.4 is 25.1 Å². The zero-order chi connectivity index (χ0) is 16.9. The number of hydrogen-bond donors (Lipinski definition) is 2. The Hall–Kier alpha value is -3.22. The van der Waals surface area contributed by atoms with Crippen LogP contribution in [0.3, 0.4) is 0 Å². The molecule has 0 aliphatic rings. The first-order valence-corrected chi connectivity index (χ1v) is 7.36. The van der Waals surface area contributed by atoms with Gasteiger partial charge >= 0.3 is 11.3 Å². The number of anilines is 1. The summed E-state index contributed by atoms with van der Waals surface area (Å²) in [5, 5.41) is 5.80. The van der Waals surface area contributed by atoms with Crippen LogP contribution in [0.1, 0.15) is 5.69 Å². The Labute approximate surface area is 138 Å². The maximum Gasteiger partial charge on any atom is 0.432 e. The molecule has 3 aromatic rings. The molecule has 1 heterocycles. The largest absolute Gasteiger partial charge is 0.497 e. The minimum Gasteiger partial charge on any atom is -0.497 e. The number of aromatic amines is 1. The number of nitrogens with one attached hydrogen (secondary N) is 2. The van der Waals surface area contributed by atoms with Crippen molar-refractivity contribution in [3.63, 3.8) is 0 Å². The fourth-order valence-electron chi connectivity index (χ4n) is 2.28. The van der Waals surface area contributed by atoms with Crippen LogP contribution in [-0.2, 0) is 6.54 Å². The Morgan fingerprint density at radius 2 is 1.58 bits per heavy atom. The number of nitrogens with zero attached hydrogens (tertiary/aromatic N) is 1. The van der Waals surface area contributed by atoms with E-state index in [0.717, 1.165) is 22.9 Å². The summed E-state index contributed by atoms with van der Waals surface area (Å²) in [6.07, 6.45) is 0. The Balaban J connectivity index is 1.80. The van der Waals surface area contributed by atoms with E-state index in [4.69, 9.17) is 14.0 Å². The van der Waals surface area contributed by atoms with Crippen LogP contribution in [0, 0.1) is 0 Å². The van der Waals surface area contributed by atoms with Gasteiger partial charge in [-0.15, -0.1) is 0 Å². The number of methoxy groups -OCH3 is 2. The lowest BCUT2D eigenvalue weighted by Gasteiger charge is -2.04. The Kier molecular flexibility index (Phi) is 4.51. The van der Waals surface area contributed by atoms with Crippen molar-refractivity contribution in [3.8, 4) is 17.2 Å². The molecule has 1 aromatic heterocycles. The second kappa shape index (κ2) is 6.91. The van der Waals surface area contributed by atoms with Crippen molar-refractivity contribution in [1.82, 2.24) is 5.27 Å². The molecule has 0 fully saturated rings. The van der Waals surface area contributed by atoms with Crippen LogP contribution in [0.15, 0.2) is 57.8 Å². The summed E-state index contributed by atoms with van der Waals surface area (Å²) in [5.74, 6) is 1.51. The van der Waals surface area contributed by atoms with E-state index in [-0.39, 0.29) is 0 Å². The van der Waals surface area contributed by atoms with E-state index < -0.39 is 5.63 Å². The van der Waals surface area contributed by atoms with Gasteiger partial charge in [-0.1, -0.05) is 0 Å². The molecule has 0 atom stereocenters. The van der Waals surface area contributed by atoms with Crippen molar-refractivity contribution in [3.05, 3.63) is 64.6 Å². The molecule has 2 N–H and O–H groups in total. The average Bonchev–Trinajstić information content (AvgIpc) is 3.01. The maximum atomic E-state index is 12.0. The van der Waals surface area contributed by atoms with E-state index in [0.29, 0.717) is 12.2 Å². The third-order valence-corrected chi connectivity index (χ3v) is 3.62. The van der Waals surface area contributed by atoms with Crippen molar-refractivity contribution in [2.75, 3.05) is 19.5 Å². The average molecular weight is 328 g/mol. The molecule has 0 saturated heterocycles. The molecule has 0 unspecified atom stereocenters. The molecule has 0 bridgehead atoms. The van der Waals surface area contributed by atoms with Gasteiger partial charge in [0, 0.05) is 17.8 Å². The number of hydrogen-bond acceptors (Lipinski definition) is 5. The molecule has 3 rings (SSSR count). The number of rotatable bonds is 6. The van der Waals surface area contributed by atoms with Gasteiger partial charge in [0.1, 0.15) is 18.0 Å². The van der Waals surface area contributed by atoms with E-state index in [2.05, 4.69) is 10.6 Å². The molecule has 7 heteroatoms. The SMILES string of the molecule is COc1ccc(NCc2c(=O)o[nH][n+]2-c2ccc(OC)cc2)cc1. The topological polar surface area (TPSA) is 80.4 Å². The minimum atomic E-state index is -0.424. The third-order valence-electron chi connectivity index (χ3n) is 3.62. The maximum absolute atomic E-state index is 12.0. The lowest BCUT2D eigenvalue weighted by atomic mass is 10.3. The molecular formula is C17H18N3O4+. The highest BCUT2D eigenvalue weighted by atomic mass is 16.5. The highest BCUT2D eigenvalue weighted by Gasteiger charge is 2.22. The van der Waals surface area contributed by atoms with Crippen molar-refractivity contribution in [1.29, 1.82) is 0 Å². The van der Waals surface area contributed by atoms with Crippen LogP contribution in [0.5, 0.6) is 11.5 Å². The standard InChI is InChI=1S/C17H17N3O4/c1-22-14-7-3-12(4-8-14)18-11-16-17(21)24-19-20(16)13-5-9-15(23-2)10-6-13/h3-10,18H,11H2,1-2H3/p+1. The minimum absolute atomic E-state index is 0.310. The zero-order valence-corrected chi connectivity index (χ0v) is 13.4. The van der Waals surface area contributed by atoms with E-state index in [1.54, 1.807) is 18.9 Å². The van der Waals surface area contributed by atoms with E-state index in [1.807, 2.05) is 48.5 Å². The lowest BCUT2D eigenvalue weighted by Crippen LogP contribution is -2.39. The third kappa shape index (κ3) is 3.24. The summed E-state index contributed by atoms with van der Waals surface area (Å²) in [6, 6.07) is 14.7. The van der Waals surface area contributed by atoms with E-state index >= 15 is 0 Å². The molecule has 0 radical (unpaired) electrons. The molecule has 24 heavy (non-hydrogen) atoms. The fourth-order valence-corrected chi connectivity index (χ4v) is 2.28. The fraction of sp³-hybridized carbons (Fsp3) is 0.176. The van der Waals surface area contributed by atoms with Gasteiger partial charge in [-0.25, -0.2) is 4.79 Å². The number of H-pyrrole nitrogens is 1. The smallest absolute Gasteiger partial charge is 0.432 e. The summed E-state index contributed by atoms with van der Waals surface area (Å²) in [6.45, 7) is 0.310. The Morgan fingerprint density at radius 1 is 1.00 bits per heavy atom. The molecule has 0 aliphatic carbocycles. The first-order valence-electron chi connectivity index (χ1n) is 7.36. The summed E-state index contributed by atoms with van der Waals surface area (Å²) in [7, 11) is 3.22. The van der Waals surface area contributed by atoms with Gasteiger partial charge in [0.2, 0.25) is 5.69 Å². The van der Waals surface area contributed by atoms with Crippen LogP contribution in [0.25, 0.3) is 5.69 Å². The Bertz CT molecular complexity index is 851. The first kappa shape index (κ1) is 15.7. The predicted molar refractivity (Wildman–Crippen MR) is 87.7 cm³/mol. The number of ether oxygens (including phenoxy) is 2. The lowest BCUT2D eigenvalue weighted by molar-refractivity contribution is -0.677. The molecule has 2 aromatic carbocycles. The number of benzene rings is 2. The predicted octanol–water partition coefficient (Wildman–Crippen LogP) is 1.87. The van der Waals surface area contributed by atoms with E-state index in [9.17, 15) is 4.79 Å². The first-order chi connectivity index (χ1) is 11.7. The quantitative estimate of drug-likeness (QED) is 0.675. The summed E-state index contributed by atoms with van der Waals surface area (Å²) < 4.78 is 16.8. The molecule has 0 amide bonds. The summed E-state index contributed by atoms with van der Waals surface area (Å²) in [5.41, 5.74) is 1.67. The van der Waals surface area contributed by atoms with Crippen LogP contribution in [0.4, 0.5) is 5.69 Å². The van der Waals surface area contributed by atoms with Crippen molar-refractivity contribution in [2.45, 2.75) is 6.54 Å². The molecule has 124 valence electrons. The van der Waals surface area contributed by atoms with Gasteiger partial charge in [0.05, 0.1) is 14.2 Å². The summed E-state index contributed by atoms with van der Waals surface area (Å²) >= 11 is 0. The highest BCUT2D eigenvalue weighted by molar-refractivity contribution is 5.46. The van der Waals surface area contributed by atoms with Gasteiger partial charge in [-0.2, -0.15) is 0 Å². The number of aromatic nitrogens is 2. The molecular weight excluding hydrogens is 310 g/mol. The van der Waals surface area contributed by atoms with Crippen LogP contribution >= 0.6 is 0 Å². The highest BCUT2D eigenvalue weighted by Crippen LogP contribution is 2.15. The van der Waals surface area contributed by atoms with Crippen molar-refractivity contribution >= 4 is 5.69 Å². The molecule has 0 saturated carbocycles. The molecule has 0 spiro atoms. The van der Waals surface area contributed by atoms with E-state index in [1.165, 1.54) is 0 Å². The van der Waals surface area contributed by atoms with Gasteiger partial charge in [0.15, 0.2) is 0 Å². The second-order valence-corrected chi connectivity index (χ2v) is 5.04. The summed E-state index contributed by atoms with van der Waals surface area (Å²) in [4.78, 5) is 12.0. The normalized spacial score (nSPS) is 10.4. The Morgan fingerprint density at radius 3 is 2.17 bits per heavy atom. The van der Waals surface area contributed by atoms with Gasteiger partial charge < -0.3 is 14.8 Å². The van der Waals surface area contributed by atoms with Crippen molar-refractivity contribution in [2.24, 2.45) is 0 Å². The van der Waals surface area contributed by atoms with Crippen molar-refractivity contribution < 1.29 is 18.7 Å². The zero-order valence-electron chi connectivity index (χ0n) is 13.4. The van der Waals surface area contributed by atoms with Gasteiger partial charge in [-0.3, -0.25) is 4.52 Å². The van der Waals surface area contributed by atoms with Crippen LogP contribution in [-0.4, -0.2) is 19.5 Å². The van der Waals surface area contributed by atoms with Gasteiger partial charge in [0.25, 0.3) is 0 Å². The van der Waals surface area contributed by atoms with Gasteiger partial charge in [-0.05, 0) is 46.4 Å². The van der Waals surface area contributed by atoms with Crippen LogP contribution in [0.2, 0.25) is 0 Å². The monoisotopic (exact) mass is 328 g/mol.